The number of nitrogens with one attached hydrogen (secondary N) is 1. The van der Waals surface area contributed by atoms with Gasteiger partial charge in [0.25, 0.3) is 0 Å². The van der Waals surface area contributed by atoms with Crippen LogP contribution >= 0.6 is 11.3 Å². The third-order valence-electron chi connectivity index (χ3n) is 2.72. The van der Waals surface area contributed by atoms with Gasteiger partial charge in [-0.1, -0.05) is 17.4 Å². The molecule has 0 aliphatic rings. The average Bonchev–Trinajstić information content (AvgIpc) is 2.75. The first-order valence-electron chi connectivity index (χ1n) is 5.79. The molecule has 1 aromatic carbocycles. The van der Waals surface area contributed by atoms with E-state index in [1.807, 2.05) is 6.20 Å². The molecule has 0 amide bonds. The topological polar surface area (TPSA) is 54.2 Å². The number of hydrogen-bond donors (Lipinski definition) is 2. The first-order chi connectivity index (χ1) is 8.58. The Hall–Kier alpha value is -1.59. The van der Waals surface area contributed by atoms with Gasteiger partial charge in [0, 0.05) is 23.8 Å². The Morgan fingerprint density at radius 3 is 2.50 bits per heavy atom. The Morgan fingerprint density at radius 2 is 1.94 bits per heavy atom. The zero-order chi connectivity index (χ0) is 13.1. The van der Waals surface area contributed by atoms with E-state index >= 15 is 0 Å². The van der Waals surface area contributed by atoms with Crippen molar-refractivity contribution in [2.24, 2.45) is 5.84 Å². The minimum atomic E-state index is 0.749. The summed E-state index contributed by atoms with van der Waals surface area (Å²) in [6.45, 7) is 5.07. The summed E-state index contributed by atoms with van der Waals surface area (Å²) in [4.78, 5) is 7.57. The Morgan fingerprint density at radius 1 is 1.28 bits per heavy atom. The number of aromatic nitrogens is 1. The summed E-state index contributed by atoms with van der Waals surface area (Å²) < 4.78 is 0. The van der Waals surface area contributed by atoms with Gasteiger partial charge in [-0.2, -0.15) is 0 Å². The average molecular weight is 262 g/mol. The molecule has 0 saturated heterocycles. The van der Waals surface area contributed by atoms with Gasteiger partial charge >= 0.3 is 0 Å². The summed E-state index contributed by atoms with van der Waals surface area (Å²) in [6, 6.07) is 6.56. The maximum atomic E-state index is 5.33. The summed E-state index contributed by atoms with van der Waals surface area (Å²) in [5.74, 6) is 5.33. The van der Waals surface area contributed by atoms with Crippen molar-refractivity contribution in [3.8, 4) is 0 Å². The highest BCUT2D eigenvalue weighted by Gasteiger charge is 2.06. The highest BCUT2D eigenvalue weighted by atomic mass is 32.1. The maximum Gasteiger partial charge on any atom is 0.197 e. The summed E-state index contributed by atoms with van der Waals surface area (Å²) in [5.41, 5.74) is 6.36. The molecular weight excluding hydrogens is 244 g/mol. The quantitative estimate of drug-likeness (QED) is 0.657. The lowest BCUT2D eigenvalue weighted by Gasteiger charge is -2.19. The van der Waals surface area contributed by atoms with Crippen molar-refractivity contribution in [1.82, 2.24) is 4.98 Å². The van der Waals surface area contributed by atoms with Gasteiger partial charge in [-0.3, -0.25) is 5.43 Å². The highest BCUT2D eigenvalue weighted by molar-refractivity contribution is 7.15. The van der Waals surface area contributed by atoms with Crippen LogP contribution in [-0.4, -0.2) is 12.0 Å². The van der Waals surface area contributed by atoms with Crippen molar-refractivity contribution in [3.63, 3.8) is 0 Å². The number of nitrogen functional groups attached to an aromatic ring is 1. The molecular formula is C13H18N4S. The van der Waals surface area contributed by atoms with Crippen molar-refractivity contribution in [2.45, 2.75) is 20.4 Å². The second-order valence-electron chi connectivity index (χ2n) is 4.48. The summed E-state index contributed by atoms with van der Waals surface area (Å²) in [6.07, 6.45) is 1.86. The third-order valence-corrected chi connectivity index (χ3v) is 3.63. The van der Waals surface area contributed by atoms with E-state index in [0.29, 0.717) is 0 Å². The lowest BCUT2D eigenvalue weighted by atomic mass is 10.1. The minimum Gasteiger partial charge on any atom is -0.369 e. The van der Waals surface area contributed by atoms with Gasteiger partial charge in [-0.05, 0) is 37.1 Å². The van der Waals surface area contributed by atoms with E-state index in [1.54, 1.807) is 11.3 Å². The van der Waals surface area contributed by atoms with Gasteiger partial charge in [0.15, 0.2) is 5.13 Å². The predicted octanol–water partition coefficient (Wildman–Crippen LogP) is 2.68. The summed E-state index contributed by atoms with van der Waals surface area (Å²) in [5, 5.41) is 0.749. The second-order valence-corrected chi connectivity index (χ2v) is 5.59. The van der Waals surface area contributed by atoms with E-state index in [2.05, 4.69) is 54.4 Å². The minimum absolute atomic E-state index is 0.749. The van der Waals surface area contributed by atoms with Gasteiger partial charge in [0.1, 0.15) is 0 Å². The molecule has 0 aliphatic heterocycles. The zero-order valence-corrected chi connectivity index (χ0v) is 11.7. The van der Waals surface area contributed by atoms with Crippen LogP contribution < -0.4 is 16.2 Å². The van der Waals surface area contributed by atoms with Crippen LogP contribution in [0.15, 0.2) is 24.4 Å². The molecule has 4 nitrogen and oxygen atoms in total. The van der Waals surface area contributed by atoms with Crippen molar-refractivity contribution in [1.29, 1.82) is 0 Å². The number of benzene rings is 1. The number of nitrogens with two attached hydrogens (primary N) is 1. The first-order valence-corrected chi connectivity index (χ1v) is 6.61. The molecule has 0 bridgehead atoms. The van der Waals surface area contributed by atoms with Crippen LogP contribution in [-0.2, 0) is 6.54 Å². The molecule has 2 aromatic rings. The fourth-order valence-corrected chi connectivity index (χ4v) is 2.72. The number of aryl methyl sites for hydroxylation is 2. The molecule has 1 aromatic heterocycles. The van der Waals surface area contributed by atoms with Gasteiger partial charge in [-0.25, -0.2) is 10.8 Å². The zero-order valence-electron chi connectivity index (χ0n) is 10.9. The molecule has 0 atom stereocenters. The number of hydrazine groups is 1. The molecule has 5 heteroatoms. The van der Waals surface area contributed by atoms with Crippen LogP contribution in [0.2, 0.25) is 0 Å². The SMILES string of the molecule is Cc1cc(C)cc(N(C)Cc2cnc(NN)s2)c1. The van der Waals surface area contributed by atoms with Gasteiger partial charge in [-0.15, -0.1) is 0 Å². The fourth-order valence-electron chi connectivity index (χ4n) is 1.94. The maximum absolute atomic E-state index is 5.33. The molecule has 0 radical (unpaired) electrons. The molecule has 96 valence electrons. The van der Waals surface area contributed by atoms with Gasteiger partial charge < -0.3 is 4.90 Å². The number of hydrogen-bond acceptors (Lipinski definition) is 5. The first kappa shape index (κ1) is 12.9. The Labute approximate surface area is 111 Å². The molecule has 0 spiro atoms. The lowest BCUT2D eigenvalue weighted by molar-refractivity contribution is 0.934. The normalized spacial score (nSPS) is 10.4. The smallest absolute Gasteiger partial charge is 0.197 e. The van der Waals surface area contributed by atoms with E-state index in [9.17, 15) is 0 Å². The number of nitrogens with zero attached hydrogens (tertiary/aromatic N) is 2. The molecule has 1 heterocycles. The molecule has 2 rings (SSSR count). The molecule has 0 unspecified atom stereocenters. The van der Waals surface area contributed by atoms with Crippen molar-refractivity contribution < 1.29 is 0 Å². The lowest BCUT2D eigenvalue weighted by Crippen LogP contribution is -2.15. The van der Waals surface area contributed by atoms with E-state index in [0.717, 1.165) is 11.7 Å². The van der Waals surface area contributed by atoms with E-state index in [4.69, 9.17) is 5.84 Å². The predicted molar refractivity (Wildman–Crippen MR) is 77.9 cm³/mol. The number of thiazole rings is 1. The molecule has 0 saturated carbocycles. The van der Waals surface area contributed by atoms with E-state index in [-0.39, 0.29) is 0 Å². The molecule has 18 heavy (non-hydrogen) atoms. The van der Waals surface area contributed by atoms with Crippen molar-refractivity contribution in [2.75, 3.05) is 17.4 Å². The van der Waals surface area contributed by atoms with Crippen molar-refractivity contribution in [3.05, 3.63) is 40.4 Å². The fraction of sp³-hybridized carbons (Fsp3) is 0.308. The number of anilines is 2. The van der Waals surface area contributed by atoms with Crippen LogP contribution in [0.5, 0.6) is 0 Å². The third kappa shape index (κ3) is 3.00. The van der Waals surface area contributed by atoms with Crippen molar-refractivity contribution >= 4 is 22.2 Å². The number of rotatable bonds is 4. The molecule has 0 fully saturated rings. The summed E-state index contributed by atoms with van der Waals surface area (Å²) >= 11 is 1.58. The summed E-state index contributed by atoms with van der Waals surface area (Å²) in [7, 11) is 2.09. The van der Waals surface area contributed by atoms with E-state index < -0.39 is 0 Å². The largest absolute Gasteiger partial charge is 0.369 e. The second kappa shape index (κ2) is 5.37. The monoisotopic (exact) mass is 262 g/mol. The van der Waals surface area contributed by atoms with Gasteiger partial charge in [0.05, 0.1) is 6.54 Å². The van der Waals surface area contributed by atoms with Crippen LogP contribution in [0.25, 0.3) is 0 Å². The Kier molecular flexibility index (Phi) is 3.84. The van der Waals surface area contributed by atoms with Crippen LogP contribution in [0.1, 0.15) is 16.0 Å². The molecule has 3 N–H and O–H groups in total. The molecule has 0 aliphatic carbocycles. The standard InChI is InChI=1S/C13H18N4S/c1-9-4-10(2)6-11(5-9)17(3)8-12-7-15-13(16-14)18-12/h4-7H,8,14H2,1-3H3,(H,15,16). The van der Waals surface area contributed by atoms with Crippen LogP contribution in [0.3, 0.4) is 0 Å². The Balaban J connectivity index is 2.13. The van der Waals surface area contributed by atoms with Crippen LogP contribution in [0, 0.1) is 13.8 Å². The highest BCUT2D eigenvalue weighted by Crippen LogP contribution is 2.23. The Bertz CT molecular complexity index is 515. The van der Waals surface area contributed by atoms with E-state index in [1.165, 1.54) is 21.7 Å². The van der Waals surface area contributed by atoms with Crippen LogP contribution in [0.4, 0.5) is 10.8 Å². The van der Waals surface area contributed by atoms with Gasteiger partial charge in [0.2, 0.25) is 0 Å².